The fourth-order valence-electron chi connectivity index (χ4n) is 3.99. The summed E-state index contributed by atoms with van der Waals surface area (Å²) in [6.07, 6.45) is 3.67. The van der Waals surface area contributed by atoms with Gasteiger partial charge in [-0.2, -0.15) is 0 Å². The molecule has 1 aliphatic heterocycles. The van der Waals surface area contributed by atoms with Gasteiger partial charge in [-0.25, -0.2) is 0 Å². The Balaban J connectivity index is 1.38. The van der Waals surface area contributed by atoms with Crippen molar-refractivity contribution in [3.8, 4) is 0 Å². The number of amides is 3. The van der Waals surface area contributed by atoms with Crippen LogP contribution in [0.3, 0.4) is 0 Å². The highest BCUT2D eigenvalue weighted by molar-refractivity contribution is 14.1. The number of nitrogens with zero attached hydrogens (tertiary/aromatic N) is 2. The van der Waals surface area contributed by atoms with Crippen LogP contribution in [0.4, 0.5) is 10.5 Å². The Morgan fingerprint density at radius 1 is 1.00 bits per heavy atom. The summed E-state index contributed by atoms with van der Waals surface area (Å²) in [5.41, 5.74) is 3.38. The van der Waals surface area contributed by atoms with Crippen LogP contribution in [0, 0.1) is 3.57 Å². The zero-order valence-corrected chi connectivity index (χ0v) is 22.5. The van der Waals surface area contributed by atoms with Crippen LogP contribution in [0.15, 0.2) is 83.9 Å². The number of benzene rings is 3. The first-order chi connectivity index (χ1) is 17.4. The second-order valence-corrected chi connectivity index (χ2v) is 10.8. The van der Waals surface area contributed by atoms with Gasteiger partial charge in [0.15, 0.2) is 0 Å². The zero-order chi connectivity index (χ0) is 25.2. The van der Waals surface area contributed by atoms with Crippen molar-refractivity contribution in [3.63, 3.8) is 0 Å². The molecule has 5 rings (SSSR count). The van der Waals surface area contributed by atoms with Crippen LogP contribution in [0.2, 0.25) is 5.02 Å². The number of thioether (sulfide) groups is 1. The monoisotopic (exact) mass is 627 g/mol. The summed E-state index contributed by atoms with van der Waals surface area (Å²) in [6.45, 7) is 0.219. The third kappa shape index (κ3) is 5.21. The Labute approximate surface area is 230 Å². The summed E-state index contributed by atoms with van der Waals surface area (Å²) in [6, 6.07) is 22.8. The molecule has 0 unspecified atom stereocenters. The van der Waals surface area contributed by atoms with Gasteiger partial charge in [0, 0.05) is 43.5 Å². The molecule has 1 aromatic heterocycles. The average Bonchev–Trinajstić information content (AvgIpc) is 3.34. The SMILES string of the molecule is O=C(CN1C(=O)S/C(=C/c2cn(Cc3ccccc3Cl)c3ccccc23)C1=O)Nc1ccc(I)cc1. The fourth-order valence-corrected chi connectivity index (χ4v) is 5.37. The van der Waals surface area contributed by atoms with E-state index in [1.54, 1.807) is 18.2 Å². The summed E-state index contributed by atoms with van der Waals surface area (Å²) in [5.74, 6) is -0.915. The van der Waals surface area contributed by atoms with Gasteiger partial charge >= 0.3 is 0 Å². The van der Waals surface area contributed by atoms with Crippen molar-refractivity contribution in [2.75, 3.05) is 11.9 Å². The third-order valence-electron chi connectivity index (χ3n) is 5.71. The van der Waals surface area contributed by atoms with Crippen molar-refractivity contribution in [2.24, 2.45) is 0 Å². The molecule has 9 heteroatoms. The first kappa shape index (κ1) is 24.6. The zero-order valence-electron chi connectivity index (χ0n) is 18.8. The summed E-state index contributed by atoms with van der Waals surface area (Å²) in [4.78, 5) is 39.4. The van der Waals surface area contributed by atoms with E-state index in [2.05, 4.69) is 32.5 Å². The van der Waals surface area contributed by atoms with Crippen LogP contribution < -0.4 is 5.32 Å². The minimum absolute atomic E-state index is 0.280. The van der Waals surface area contributed by atoms with Gasteiger partial charge in [-0.15, -0.1) is 0 Å². The molecule has 36 heavy (non-hydrogen) atoms. The maximum Gasteiger partial charge on any atom is 0.294 e. The quantitative estimate of drug-likeness (QED) is 0.193. The molecule has 1 aliphatic rings. The molecule has 180 valence electrons. The Bertz CT molecular complexity index is 1530. The van der Waals surface area contributed by atoms with E-state index >= 15 is 0 Å². The molecular weight excluding hydrogens is 609 g/mol. The summed E-state index contributed by atoms with van der Waals surface area (Å²) < 4.78 is 3.11. The van der Waals surface area contributed by atoms with Gasteiger partial charge in [0.2, 0.25) is 5.91 Å². The Hall–Kier alpha value is -3.08. The number of para-hydroxylation sites is 1. The predicted molar refractivity (Wildman–Crippen MR) is 153 cm³/mol. The van der Waals surface area contributed by atoms with Crippen LogP contribution in [0.1, 0.15) is 11.1 Å². The van der Waals surface area contributed by atoms with Crippen LogP contribution >= 0.6 is 46.0 Å². The second kappa shape index (κ2) is 10.5. The Morgan fingerprint density at radius 2 is 1.72 bits per heavy atom. The van der Waals surface area contributed by atoms with E-state index < -0.39 is 17.1 Å². The number of anilines is 1. The third-order valence-corrected chi connectivity index (χ3v) is 7.70. The number of carbonyl (C=O) groups is 3. The van der Waals surface area contributed by atoms with Gasteiger partial charge in [-0.1, -0.05) is 48.0 Å². The number of fused-ring (bicyclic) bond motifs is 1. The number of nitrogens with one attached hydrogen (secondary N) is 1. The van der Waals surface area contributed by atoms with E-state index in [1.165, 1.54) is 0 Å². The lowest BCUT2D eigenvalue weighted by atomic mass is 10.1. The lowest BCUT2D eigenvalue weighted by molar-refractivity contribution is -0.127. The molecule has 1 N–H and O–H groups in total. The molecule has 0 radical (unpaired) electrons. The number of hydrogen-bond donors (Lipinski definition) is 1. The minimum atomic E-state index is -0.481. The highest BCUT2D eigenvalue weighted by Crippen LogP contribution is 2.34. The highest BCUT2D eigenvalue weighted by atomic mass is 127. The number of hydrogen-bond acceptors (Lipinski definition) is 4. The van der Waals surface area contributed by atoms with Gasteiger partial charge in [-0.3, -0.25) is 19.3 Å². The van der Waals surface area contributed by atoms with E-state index in [1.807, 2.05) is 66.9 Å². The molecule has 6 nitrogen and oxygen atoms in total. The predicted octanol–water partition coefficient (Wildman–Crippen LogP) is 6.62. The molecule has 2 heterocycles. The lowest BCUT2D eigenvalue weighted by Gasteiger charge is -2.12. The molecule has 3 amide bonds. The molecule has 1 saturated heterocycles. The van der Waals surface area contributed by atoms with Gasteiger partial charge in [-0.05, 0) is 82.4 Å². The molecular formula is C27H19ClIN3O3S. The van der Waals surface area contributed by atoms with Crippen LogP contribution in [0.25, 0.3) is 17.0 Å². The maximum absolute atomic E-state index is 13.0. The number of halogens is 2. The smallest absolute Gasteiger partial charge is 0.294 e. The van der Waals surface area contributed by atoms with Crippen LogP contribution in [-0.2, 0) is 16.1 Å². The van der Waals surface area contributed by atoms with E-state index in [-0.39, 0.29) is 11.4 Å². The molecule has 3 aromatic carbocycles. The van der Waals surface area contributed by atoms with Crippen molar-refractivity contribution in [3.05, 3.63) is 104 Å². The normalized spacial score (nSPS) is 14.7. The van der Waals surface area contributed by atoms with Crippen LogP contribution in [0.5, 0.6) is 0 Å². The number of imide groups is 1. The molecule has 0 saturated carbocycles. The van der Waals surface area contributed by atoms with Crippen molar-refractivity contribution >= 4 is 85.7 Å². The minimum Gasteiger partial charge on any atom is -0.342 e. The van der Waals surface area contributed by atoms with Gasteiger partial charge in [0.1, 0.15) is 6.54 Å². The first-order valence-corrected chi connectivity index (χ1v) is 13.3. The van der Waals surface area contributed by atoms with Crippen molar-refractivity contribution in [2.45, 2.75) is 6.54 Å². The highest BCUT2D eigenvalue weighted by Gasteiger charge is 2.36. The average molecular weight is 628 g/mol. The Kier molecular flexibility index (Phi) is 7.17. The topological polar surface area (TPSA) is 71.4 Å². The van der Waals surface area contributed by atoms with Crippen molar-refractivity contribution in [1.82, 2.24) is 9.47 Å². The molecule has 0 bridgehead atoms. The van der Waals surface area contributed by atoms with Crippen LogP contribution in [-0.4, -0.2) is 33.1 Å². The lowest BCUT2D eigenvalue weighted by Crippen LogP contribution is -2.36. The molecule has 0 aliphatic carbocycles. The van der Waals surface area contributed by atoms with E-state index in [0.29, 0.717) is 17.3 Å². The van der Waals surface area contributed by atoms with E-state index in [9.17, 15) is 14.4 Å². The second-order valence-electron chi connectivity index (χ2n) is 8.14. The number of aromatic nitrogens is 1. The summed E-state index contributed by atoms with van der Waals surface area (Å²) >= 11 is 9.38. The molecule has 1 fully saturated rings. The number of carbonyl (C=O) groups excluding carboxylic acids is 3. The fraction of sp³-hybridized carbons (Fsp3) is 0.0741. The summed E-state index contributed by atoms with van der Waals surface area (Å²) in [7, 11) is 0. The maximum atomic E-state index is 13.0. The molecule has 4 aromatic rings. The van der Waals surface area contributed by atoms with E-state index in [0.717, 1.165) is 42.3 Å². The molecule has 0 spiro atoms. The van der Waals surface area contributed by atoms with Gasteiger partial charge < -0.3 is 9.88 Å². The van der Waals surface area contributed by atoms with Gasteiger partial charge in [0.25, 0.3) is 11.1 Å². The number of rotatable bonds is 6. The summed E-state index contributed by atoms with van der Waals surface area (Å²) in [5, 5.41) is 3.89. The first-order valence-electron chi connectivity index (χ1n) is 11.0. The van der Waals surface area contributed by atoms with Gasteiger partial charge in [0.05, 0.1) is 4.91 Å². The van der Waals surface area contributed by atoms with E-state index in [4.69, 9.17) is 11.6 Å². The largest absolute Gasteiger partial charge is 0.342 e. The van der Waals surface area contributed by atoms with Crippen molar-refractivity contribution in [1.29, 1.82) is 0 Å². The van der Waals surface area contributed by atoms with Crippen molar-refractivity contribution < 1.29 is 14.4 Å². The Morgan fingerprint density at radius 3 is 2.50 bits per heavy atom. The standard InChI is InChI=1S/C27H19ClIN3O3S/c28-22-7-3-1-5-17(22)14-31-15-18(21-6-2-4-8-23(21)31)13-24-26(34)32(27(35)36-24)16-25(33)30-20-11-9-19(29)10-12-20/h1-13,15H,14,16H2,(H,30,33)/b24-13+. The molecule has 0 atom stereocenters.